The molecule has 0 aromatic heterocycles. The molecule has 0 aliphatic rings. The van der Waals surface area contributed by atoms with Gasteiger partial charge in [-0.25, -0.2) is 0 Å². The van der Waals surface area contributed by atoms with E-state index in [1.807, 2.05) is 49.4 Å². The van der Waals surface area contributed by atoms with Crippen LogP contribution in [0.15, 0.2) is 47.4 Å². The number of rotatable bonds is 6. The van der Waals surface area contributed by atoms with Crippen LogP contribution in [0.25, 0.3) is 0 Å². The third-order valence-electron chi connectivity index (χ3n) is 3.15. The number of thioether (sulfide) groups is 1. The van der Waals surface area contributed by atoms with E-state index in [4.69, 9.17) is 9.47 Å². The van der Waals surface area contributed by atoms with E-state index in [9.17, 15) is 4.79 Å². The van der Waals surface area contributed by atoms with Crippen molar-refractivity contribution < 1.29 is 14.3 Å². The van der Waals surface area contributed by atoms with Gasteiger partial charge >= 0.3 is 0 Å². The van der Waals surface area contributed by atoms with Crippen LogP contribution < -0.4 is 14.8 Å². The number of amides is 1. The molecule has 0 bridgehead atoms. The summed E-state index contributed by atoms with van der Waals surface area (Å²) >= 11 is 3.71. The van der Waals surface area contributed by atoms with E-state index in [0.29, 0.717) is 11.5 Å². The van der Waals surface area contributed by atoms with Gasteiger partial charge in [0.2, 0.25) is 5.91 Å². The second kappa shape index (κ2) is 8.44. The van der Waals surface area contributed by atoms with Crippen molar-refractivity contribution in [2.75, 3.05) is 19.5 Å². The Morgan fingerprint density at radius 3 is 2.35 bits per heavy atom. The summed E-state index contributed by atoms with van der Waals surface area (Å²) in [6.45, 7) is 1.88. The fraction of sp³-hybridized carbons (Fsp3) is 0.235. The number of benzene rings is 2. The number of ether oxygens (including phenoxy) is 2. The minimum atomic E-state index is -0.229. The summed E-state index contributed by atoms with van der Waals surface area (Å²) in [6.07, 6.45) is 0. The molecule has 2 rings (SSSR count). The number of carbonyl (C=O) groups excluding carboxylic acids is 1. The average Bonchev–Trinajstić information content (AvgIpc) is 2.56. The number of hydrogen-bond donors (Lipinski definition) is 1. The number of methoxy groups -OCH3 is 2. The van der Waals surface area contributed by atoms with Crippen molar-refractivity contribution in [2.24, 2.45) is 0 Å². The smallest absolute Gasteiger partial charge is 0.237 e. The van der Waals surface area contributed by atoms with Crippen LogP contribution in [0.4, 0.5) is 5.69 Å². The van der Waals surface area contributed by atoms with E-state index in [0.717, 1.165) is 14.2 Å². The van der Waals surface area contributed by atoms with E-state index in [1.165, 1.54) is 11.8 Å². The third-order valence-corrected chi connectivity index (χ3v) is 4.96. The van der Waals surface area contributed by atoms with Gasteiger partial charge in [0.1, 0.15) is 0 Å². The van der Waals surface area contributed by atoms with Crippen LogP contribution in [0.2, 0.25) is 0 Å². The van der Waals surface area contributed by atoms with Gasteiger partial charge in [0, 0.05) is 14.2 Å². The molecule has 0 heterocycles. The molecule has 0 aliphatic carbocycles. The van der Waals surface area contributed by atoms with Crippen LogP contribution in [0.5, 0.6) is 11.5 Å². The maximum atomic E-state index is 12.3. The maximum Gasteiger partial charge on any atom is 0.237 e. The lowest BCUT2D eigenvalue weighted by atomic mass is 10.3. The predicted molar refractivity (Wildman–Crippen MR) is 103 cm³/mol. The van der Waals surface area contributed by atoms with Gasteiger partial charge in [-0.15, -0.1) is 11.8 Å². The summed E-state index contributed by atoms with van der Waals surface area (Å²) in [4.78, 5) is 13.2. The molecule has 4 nitrogen and oxygen atoms in total. The van der Waals surface area contributed by atoms with Crippen molar-refractivity contribution in [3.63, 3.8) is 0 Å². The maximum absolute atomic E-state index is 12.3. The Morgan fingerprint density at radius 2 is 1.74 bits per heavy atom. The molecule has 6 heteroatoms. The molecule has 0 saturated heterocycles. The topological polar surface area (TPSA) is 47.6 Å². The van der Waals surface area contributed by atoms with E-state index in [-0.39, 0.29) is 11.2 Å². The molecule has 2 aromatic carbocycles. The van der Waals surface area contributed by atoms with Crippen molar-refractivity contribution in [2.45, 2.75) is 17.1 Å². The number of carbonyl (C=O) groups is 1. The molecule has 1 N–H and O–H groups in total. The Labute approximate surface area is 154 Å². The lowest BCUT2D eigenvalue weighted by Gasteiger charge is -2.14. The van der Waals surface area contributed by atoms with Gasteiger partial charge in [-0.1, -0.05) is 0 Å². The first kappa shape index (κ1) is 17.9. The molecule has 122 valence electrons. The highest BCUT2D eigenvalue weighted by atomic mass is 127. The summed E-state index contributed by atoms with van der Waals surface area (Å²) in [7, 11) is 3.20. The highest BCUT2D eigenvalue weighted by molar-refractivity contribution is 14.1. The number of nitrogens with one attached hydrogen (secondary N) is 1. The van der Waals surface area contributed by atoms with Gasteiger partial charge in [0.15, 0.2) is 11.5 Å². The van der Waals surface area contributed by atoms with Crippen molar-refractivity contribution in [3.8, 4) is 11.5 Å². The Morgan fingerprint density at radius 1 is 1.09 bits per heavy atom. The second-order valence-electron chi connectivity index (χ2n) is 4.77. The van der Waals surface area contributed by atoms with Gasteiger partial charge in [-0.3, -0.25) is 4.79 Å². The second-order valence-corrected chi connectivity index (χ2v) is 7.43. The van der Waals surface area contributed by atoms with E-state index in [2.05, 4.69) is 27.9 Å². The third kappa shape index (κ3) is 5.04. The van der Waals surface area contributed by atoms with Gasteiger partial charge in [0.25, 0.3) is 0 Å². The van der Waals surface area contributed by atoms with Crippen LogP contribution in [0, 0.1) is 3.57 Å². The van der Waals surface area contributed by atoms with Gasteiger partial charge in [-0.05, 0) is 72.0 Å². The minimum Gasteiger partial charge on any atom is -0.493 e. The van der Waals surface area contributed by atoms with Crippen molar-refractivity contribution in [1.29, 1.82) is 0 Å². The van der Waals surface area contributed by atoms with Gasteiger partial charge in [0.05, 0.1) is 19.5 Å². The normalized spacial score (nSPS) is 11.7. The Hall–Kier alpha value is -1.41. The molecule has 0 saturated carbocycles. The van der Waals surface area contributed by atoms with Crippen LogP contribution >= 0.6 is 34.4 Å². The molecule has 1 amide bonds. The van der Waals surface area contributed by atoms with E-state index >= 15 is 0 Å². The molecular formula is C17H18INO3S. The molecule has 23 heavy (non-hydrogen) atoms. The SMILES string of the molecule is COc1ccc(S[C@@H](C)C(=O)Nc2ccc(I)cc2)cc1OC. The first-order valence-corrected chi connectivity index (χ1v) is 8.94. The average molecular weight is 443 g/mol. The van der Waals surface area contributed by atoms with Gasteiger partial charge < -0.3 is 14.8 Å². The quantitative estimate of drug-likeness (QED) is 0.530. The van der Waals surface area contributed by atoms with Crippen LogP contribution in [0.3, 0.4) is 0 Å². The fourth-order valence-electron chi connectivity index (χ4n) is 1.92. The monoisotopic (exact) mass is 443 g/mol. The molecule has 1 atom stereocenters. The lowest BCUT2D eigenvalue weighted by molar-refractivity contribution is -0.115. The van der Waals surface area contributed by atoms with Crippen molar-refractivity contribution in [1.82, 2.24) is 0 Å². The zero-order valence-corrected chi connectivity index (χ0v) is 16.1. The lowest BCUT2D eigenvalue weighted by Crippen LogP contribution is -2.22. The highest BCUT2D eigenvalue weighted by Gasteiger charge is 2.16. The van der Waals surface area contributed by atoms with E-state index < -0.39 is 0 Å². The first-order chi connectivity index (χ1) is 11.0. The summed E-state index contributed by atoms with van der Waals surface area (Å²) < 4.78 is 11.6. The van der Waals surface area contributed by atoms with Crippen LogP contribution in [0.1, 0.15) is 6.92 Å². The Bertz CT molecular complexity index is 676. The molecule has 0 aliphatic heterocycles. The van der Waals surface area contributed by atoms with Crippen LogP contribution in [-0.4, -0.2) is 25.4 Å². The van der Waals surface area contributed by atoms with Crippen LogP contribution in [-0.2, 0) is 4.79 Å². The Kier molecular flexibility index (Phi) is 6.59. The molecule has 0 fully saturated rings. The van der Waals surface area contributed by atoms with Gasteiger partial charge in [-0.2, -0.15) is 0 Å². The Balaban J connectivity index is 2.01. The molecular weight excluding hydrogens is 425 g/mol. The van der Waals surface area contributed by atoms with Crippen molar-refractivity contribution in [3.05, 3.63) is 46.0 Å². The summed E-state index contributed by atoms with van der Waals surface area (Å²) in [5.41, 5.74) is 0.801. The minimum absolute atomic E-state index is 0.0361. The molecule has 0 radical (unpaired) electrons. The zero-order chi connectivity index (χ0) is 16.8. The van der Waals surface area contributed by atoms with Crippen molar-refractivity contribution >= 4 is 45.9 Å². The summed E-state index contributed by atoms with van der Waals surface area (Å²) in [6, 6.07) is 13.3. The highest BCUT2D eigenvalue weighted by Crippen LogP contribution is 2.33. The predicted octanol–water partition coefficient (Wildman–Crippen LogP) is 4.43. The number of anilines is 1. The summed E-state index contributed by atoms with van der Waals surface area (Å²) in [5.74, 6) is 1.29. The standard InChI is InChI=1S/C17H18INO3S/c1-11(17(20)19-13-6-4-12(18)5-7-13)23-14-8-9-15(21-2)16(10-14)22-3/h4-11H,1-3H3,(H,19,20)/t11-/m0/s1. The first-order valence-electron chi connectivity index (χ1n) is 6.98. The largest absolute Gasteiger partial charge is 0.493 e. The number of hydrogen-bond acceptors (Lipinski definition) is 4. The zero-order valence-electron chi connectivity index (χ0n) is 13.1. The number of halogens is 1. The molecule has 2 aromatic rings. The molecule has 0 spiro atoms. The summed E-state index contributed by atoms with van der Waals surface area (Å²) in [5, 5.41) is 2.69. The fourth-order valence-corrected chi connectivity index (χ4v) is 3.18. The molecule has 0 unspecified atom stereocenters. The van der Waals surface area contributed by atoms with E-state index in [1.54, 1.807) is 14.2 Å².